The Labute approximate surface area is 123 Å². The zero-order valence-corrected chi connectivity index (χ0v) is 12.2. The summed E-state index contributed by atoms with van der Waals surface area (Å²) in [6.45, 7) is 3.14. The van der Waals surface area contributed by atoms with Crippen LogP contribution in [0.4, 0.5) is 8.78 Å². The summed E-state index contributed by atoms with van der Waals surface area (Å²) in [7, 11) is 0. The topological polar surface area (TPSA) is 45.0 Å². The molecule has 0 spiro atoms. The van der Waals surface area contributed by atoms with Crippen molar-refractivity contribution in [2.45, 2.75) is 38.1 Å². The van der Waals surface area contributed by atoms with E-state index in [1.165, 1.54) is 6.07 Å². The summed E-state index contributed by atoms with van der Waals surface area (Å²) >= 11 is 0. The Morgan fingerprint density at radius 1 is 1.43 bits per heavy atom. The lowest BCUT2D eigenvalue weighted by molar-refractivity contribution is 0.234. The van der Waals surface area contributed by atoms with Gasteiger partial charge in [0.1, 0.15) is 11.3 Å². The maximum Gasteiger partial charge on any atom is 0.162 e. The van der Waals surface area contributed by atoms with Gasteiger partial charge in [0.25, 0.3) is 0 Å². The van der Waals surface area contributed by atoms with Crippen LogP contribution in [-0.4, -0.2) is 18.7 Å². The first-order valence-corrected chi connectivity index (χ1v) is 7.35. The highest BCUT2D eigenvalue weighted by atomic mass is 19.2. The van der Waals surface area contributed by atoms with Crippen molar-refractivity contribution in [2.24, 2.45) is 5.92 Å². The number of ether oxygens (including phenoxy) is 1. The summed E-state index contributed by atoms with van der Waals surface area (Å²) in [5.74, 6) is -1.24. The summed E-state index contributed by atoms with van der Waals surface area (Å²) in [4.78, 5) is 0. The molecule has 1 N–H and O–H groups in total. The molecule has 1 saturated carbocycles. The van der Waals surface area contributed by atoms with Crippen molar-refractivity contribution < 1.29 is 13.5 Å². The Balaban J connectivity index is 1.90. The van der Waals surface area contributed by atoms with Gasteiger partial charge in [-0.1, -0.05) is 13.3 Å². The van der Waals surface area contributed by atoms with Gasteiger partial charge in [0.05, 0.1) is 12.7 Å². The van der Waals surface area contributed by atoms with Gasteiger partial charge in [-0.25, -0.2) is 8.78 Å². The standard InChI is InChI=1S/C16H20F2N2O/c1-2-20-16(11-19)8-3-4-12(16)7-9-21-13-5-6-14(17)15(18)10-13/h5-6,10,12,20H,2-4,7-9H2,1H3. The normalized spacial score (nSPS) is 24.8. The Morgan fingerprint density at radius 2 is 2.24 bits per heavy atom. The van der Waals surface area contributed by atoms with Crippen molar-refractivity contribution in [1.82, 2.24) is 5.32 Å². The van der Waals surface area contributed by atoms with Gasteiger partial charge in [0, 0.05) is 6.07 Å². The number of nitrogens with zero attached hydrogens (tertiary/aromatic N) is 1. The summed E-state index contributed by atoms with van der Waals surface area (Å²) in [6.07, 6.45) is 3.59. The Kier molecular flexibility index (Phi) is 5.13. The fourth-order valence-corrected chi connectivity index (χ4v) is 3.09. The molecule has 21 heavy (non-hydrogen) atoms. The van der Waals surface area contributed by atoms with E-state index in [0.29, 0.717) is 12.4 Å². The molecule has 0 bridgehead atoms. The minimum Gasteiger partial charge on any atom is -0.493 e. The van der Waals surface area contributed by atoms with E-state index in [9.17, 15) is 14.0 Å². The predicted molar refractivity (Wildman–Crippen MR) is 75.8 cm³/mol. The summed E-state index contributed by atoms with van der Waals surface area (Å²) in [6, 6.07) is 5.93. The first kappa shape index (κ1) is 15.7. The molecule has 5 heteroatoms. The van der Waals surface area contributed by atoms with E-state index in [-0.39, 0.29) is 5.92 Å². The highest BCUT2D eigenvalue weighted by molar-refractivity contribution is 5.23. The van der Waals surface area contributed by atoms with Crippen molar-refractivity contribution in [3.8, 4) is 11.8 Å². The average molecular weight is 294 g/mol. The van der Waals surface area contributed by atoms with Gasteiger partial charge in [-0.3, -0.25) is 5.32 Å². The van der Waals surface area contributed by atoms with Gasteiger partial charge in [0.15, 0.2) is 11.6 Å². The van der Waals surface area contributed by atoms with Crippen LogP contribution in [0.25, 0.3) is 0 Å². The molecule has 0 aliphatic heterocycles. The van der Waals surface area contributed by atoms with Crippen molar-refractivity contribution in [1.29, 1.82) is 5.26 Å². The second-order valence-electron chi connectivity index (χ2n) is 5.42. The number of nitrogens with one attached hydrogen (secondary N) is 1. The van der Waals surface area contributed by atoms with Crippen LogP contribution < -0.4 is 10.1 Å². The fourth-order valence-electron chi connectivity index (χ4n) is 3.09. The first-order chi connectivity index (χ1) is 10.1. The smallest absolute Gasteiger partial charge is 0.162 e. The second-order valence-corrected chi connectivity index (χ2v) is 5.42. The number of hydrogen-bond donors (Lipinski definition) is 1. The molecule has 0 aromatic heterocycles. The maximum absolute atomic E-state index is 13.1. The van der Waals surface area contributed by atoms with Crippen molar-refractivity contribution in [2.75, 3.05) is 13.2 Å². The number of rotatable bonds is 6. The highest BCUT2D eigenvalue weighted by Gasteiger charge is 2.42. The molecule has 1 aromatic carbocycles. The molecular formula is C16H20F2N2O. The van der Waals surface area contributed by atoms with Crippen LogP contribution in [0.1, 0.15) is 32.6 Å². The van der Waals surface area contributed by atoms with E-state index in [0.717, 1.165) is 44.4 Å². The fraction of sp³-hybridized carbons (Fsp3) is 0.562. The Morgan fingerprint density at radius 3 is 2.90 bits per heavy atom. The van der Waals surface area contributed by atoms with E-state index < -0.39 is 17.2 Å². The highest BCUT2D eigenvalue weighted by Crippen LogP contribution is 2.37. The molecule has 1 aliphatic carbocycles. The Hall–Kier alpha value is -1.67. The number of nitriles is 1. The second kappa shape index (κ2) is 6.86. The molecule has 2 unspecified atom stereocenters. The third kappa shape index (κ3) is 3.51. The zero-order valence-electron chi connectivity index (χ0n) is 12.2. The van der Waals surface area contributed by atoms with Crippen LogP contribution in [-0.2, 0) is 0 Å². The molecule has 0 amide bonds. The van der Waals surface area contributed by atoms with Crippen LogP contribution in [0.15, 0.2) is 18.2 Å². The van der Waals surface area contributed by atoms with E-state index >= 15 is 0 Å². The molecule has 114 valence electrons. The quantitative estimate of drug-likeness (QED) is 0.874. The number of benzene rings is 1. The minimum absolute atomic E-state index is 0.229. The van der Waals surface area contributed by atoms with Gasteiger partial charge >= 0.3 is 0 Å². The van der Waals surface area contributed by atoms with Gasteiger partial charge < -0.3 is 4.74 Å². The molecule has 1 aliphatic rings. The van der Waals surface area contributed by atoms with Crippen molar-refractivity contribution >= 4 is 0 Å². The third-order valence-corrected chi connectivity index (χ3v) is 4.14. The van der Waals surface area contributed by atoms with Crippen LogP contribution in [0.3, 0.4) is 0 Å². The molecule has 0 heterocycles. The minimum atomic E-state index is -0.910. The monoisotopic (exact) mass is 294 g/mol. The molecular weight excluding hydrogens is 274 g/mol. The van der Waals surface area contributed by atoms with Crippen LogP contribution in [0, 0.1) is 28.9 Å². The van der Waals surface area contributed by atoms with E-state index in [4.69, 9.17) is 4.74 Å². The van der Waals surface area contributed by atoms with Gasteiger partial charge in [-0.2, -0.15) is 5.26 Å². The third-order valence-electron chi connectivity index (χ3n) is 4.14. The van der Waals surface area contributed by atoms with E-state index in [1.54, 1.807) is 0 Å². The molecule has 1 fully saturated rings. The summed E-state index contributed by atoms with van der Waals surface area (Å²) < 4.78 is 31.4. The molecule has 0 radical (unpaired) electrons. The predicted octanol–water partition coefficient (Wildman–Crippen LogP) is 3.41. The molecule has 2 rings (SSSR count). The average Bonchev–Trinajstić information content (AvgIpc) is 2.87. The van der Waals surface area contributed by atoms with Gasteiger partial charge in [0.2, 0.25) is 0 Å². The zero-order chi connectivity index (χ0) is 15.3. The molecule has 3 nitrogen and oxygen atoms in total. The van der Waals surface area contributed by atoms with Crippen LogP contribution in [0.2, 0.25) is 0 Å². The van der Waals surface area contributed by atoms with Crippen molar-refractivity contribution in [3.63, 3.8) is 0 Å². The largest absolute Gasteiger partial charge is 0.493 e. The van der Waals surface area contributed by atoms with Crippen LogP contribution >= 0.6 is 0 Å². The number of hydrogen-bond acceptors (Lipinski definition) is 3. The number of halogens is 2. The lowest BCUT2D eigenvalue weighted by Crippen LogP contribution is -2.47. The molecule has 1 aromatic rings. The lowest BCUT2D eigenvalue weighted by Gasteiger charge is -2.29. The first-order valence-electron chi connectivity index (χ1n) is 7.35. The van der Waals surface area contributed by atoms with Gasteiger partial charge in [-0.15, -0.1) is 0 Å². The van der Waals surface area contributed by atoms with Crippen molar-refractivity contribution in [3.05, 3.63) is 29.8 Å². The van der Waals surface area contributed by atoms with E-state index in [2.05, 4.69) is 11.4 Å². The molecule has 2 atom stereocenters. The molecule has 0 saturated heterocycles. The Bertz CT molecular complexity index is 529. The summed E-state index contributed by atoms with van der Waals surface area (Å²) in [5.41, 5.74) is -0.466. The van der Waals surface area contributed by atoms with E-state index in [1.807, 2.05) is 6.92 Å². The SMILES string of the molecule is CCNC1(C#N)CCCC1CCOc1ccc(F)c(F)c1. The maximum atomic E-state index is 13.1. The van der Waals surface area contributed by atoms with Gasteiger partial charge in [-0.05, 0) is 43.9 Å². The van der Waals surface area contributed by atoms with Crippen LogP contribution in [0.5, 0.6) is 5.75 Å². The lowest BCUT2D eigenvalue weighted by atomic mass is 9.86. The summed E-state index contributed by atoms with van der Waals surface area (Å²) in [5, 5.41) is 12.8.